The third kappa shape index (κ3) is 4.65. The first-order chi connectivity index (χ1) is 9.29. The number of likely N-dealkylation sites (tertiary alicyclic amines) is 1. The van der Waals surface area contributed by atoms with E-state index in [4.69, 9.17) is 5.11 Å². The zero-order valence-corrected chi connectivity index (χ0v) is 12.5. The summed E-state index contributed by atoms with van der Waals surface area (Å²) in [6, 6.07) is 2.90. The zero-order chi connectivity index (χ0) is 13.5. The average molecular weight is 277 g/mol. The van der Waals surface area contributed by atoms with Gasteiger partial charge in [-0.05, 0) is 32.4 Å². The molecule has 0 bridgehead atoms. The molecule has 0 amide bonds. The predicted molar refractivity (Wildman–Crippen MR) is 81.2 cm³/mol. The van der Waals surface area contributed by atoms with Crippen LogP contribution in [0.1, 0.15) is 49.5 Å². The minimum atomic E-state index is 0.148. The number of hydrogen-bond acceptors (Lipinski definition) is 3. The van der Waals surface area contributed by atoms with Gasteiger partial charge in [0, 0.05) is 34.8 Å². The smallest absolute Gasteiger partial charge is 0.0540 e. The van der Waals surface area contributed by atoms with E-state index in [1.54, 1.807) is 11.3 Å². The molecule has 1 atom stereocenters. The Labute approximate surface area is 120 Å². The van der Waals surface area contributed by atoms with E-state index in [2.05, 4.69) is 35.1 Å². The van der Waals surface area contributed by atoms with E-state index in [0.717, 1.165) is 12.1 Å². The van der Waals surface area contributed by atoms with E-state index in [-0.39, 0.29) is 6.61 Å². The van der Waals surface area contributed by atoms with Gasteiger partial charge >= 0.3 is 0 Å². The summed E-state index contributed by atoms with van der Waals surface area (Å²) in [5.74, 6) is 6.09. The number of rotatable bonds is 3. The summed E-state index contributed by atoms with van der Waals surface area (Å²) in [5, 5.41) is 10.8. The Morgan fingerprint density at radius 3 is 3.16 bits per heavy atom. The monoisotopic (exact) mass is 277 g/mol. The van der Waals surface area contributed by atoms with Gasteiger partial charge in [-0.1, -0.05) is 24.7 Å². The van der Waals surface area contributed by atoms with Crippen LogP contribution in [0, 0.1) is 11.8 Å². The number of thiophene rings is 1. The molecule has 2 rings (SSSR count). The van der Waals surface area contributed by atoms with E-state index in [9.17, 15) is 0 Å². The van der Waals surface area contributed by atoms with E-state index in [1.807, 2.05) is 0 Å². The lowest BCUT2D eigenvalue weighted by atomic mass is 10.1. The molecule has 1 aliphatic rings. The summed E-state index contributed by atoms with van der Waals surface area (Å²) >= 11 is 1.80. The number of hydrogen-bond donors (Lipinski definition) is 1. The Bertz CT molecular complexity index is 443. The molecule has 2 nitrogen and oxygen atoms in total. The van der Waals surface area contributed by atoms with Gasteiger partial charge in [-0.15, -0.1) is 11.3 Å². The second kappa shape index (κ2) is 7.69. The molecule has 0 radical (unpaired) electrons. The van der Waals surface area contributed by atoms with Crippen LogP contribution in [0.3, 0.4) is 0 Å². The quantitative estimate of drug-likeness (QED) is 0.857. The van der Waals surface area contributed by atoms with Crippen LogP contribution in [0.2, 0.25) is 0 Å². The highest BCUT2D eigenvalue weighted by Gasteiger charge is 2.17. The Hall–Kier alpha value is -0.820. The minimum absolute atomic E-state index is 0.148. The van der Waals surface area contributed by atoms with Crippen molar-refractivity contribution in [2.24, 2.45) is 0 Å². The van der Waals surface area contributed by atoms with Crippen LogP contribution in [0.15, 0.2) is 11.4 Å². The Balaban J connectivity index is 1.93. The maximum Gasteiger partial charge on any atom is 0.0540 e. The third-order valence-electron chi connectivity index (χ3n) is 3.67. The first-order valence-electron chi connectivity index (χ1n) is 7.21. The molecule has 0 aliphatic carbocycles. The molecule has 1 aromatic heterocycles. The molecule has 1 fully saturated rings. The molecular formula is C16H23NOS. The lowest BCUT2D eigenvalue weighted by Gasteiger charge is -2.26. The summed E-state index contributed by atoms with van der Waals surface area (Å²) in [6.45, 7) is 4.79. The third-order valence-corrected chi connectivity index (χ3v) is 4.59. The SMILES string of the molecule is CC1CCCCCN1Cc1cc(C#CCCO)cs1. The summed E-state index contributed by atoms with van der Waals surface area (Å²) in [7, 11) is 0. The van der Waals surface area contributed by atoms with Crippen molar-refractivity contribution in [1.82, 2.24) is 4.90 Å². The molecule has 3 heteroatoms. The van der Waals surface area contributed by atoms with Crippen molar-refractivity contribution >= 4 is 11.3 Å². The molecule has 19 heavy (non-hydrogen) atoms. The van der Waals surface area contributed by atoms with Gasteiger partial charge in [-0.2, -0.15) is 0 Å². The van der Waals surface area contributed by atoms with E-state index in [0.29, 0.717) is 12.5 Å². The fourth-order valence-electron chi connectivity index (χ4n) is 2.52. The highest BCUT2D eigenvalue weighted by atomic mass is 32.1. The maximum absolute atomic E-state index is 8.72. The number of nitrogens with zero attached hydrogens (tertiary/aromatic N) is 1. The van der Waals surface area contributed by atoms with Gasteiger partial charge in [0.1, 0.15) is 0 Å². The first kappa shape index (κ1) is 14.6. The van der Waals surface area contributed by atoms with E-state index < -0.39 is 0 Å². The second-order valence-electron chi connectivity index (χ2n) is 5.25. The van der Waals surface area contributed by atoms with Gasteiger partial charge in [0.05, 0.1) is 6.61 Å². The van der Waals surface area contributed by atoms with E-state index >= 15 is 0 Å². The maximum atomic E-state index is 8.72. The molecule has 2 heterocycles. The fraction of sp³-hybridized carbons (Fsp3) is 0.625. The summed E-state index contributed by atoms with van der Waals surface area (Å²) < 4.78 is 0. The van der Waals surface area contributed by atoms with Gasteiger partial charge < -0.3 is 5.11 Å². The molecule has 0 aromatic carbocycles. The molecule has 104 valence electrons. The van der Waals surface area contributed by atoms with Crippen molar-refractivity contribution in [3.8, 4) is 11.8 Å². The summed E-state index contributed by atoms with van der Waals surface area (Å²) in [5.41, 5.74) is 1.09. The Kier molecular flexibility index (Phi) is 5.91. The van der Waals surface area contributed by atoms with Crippen LogP contribution in [0.25, 0.3) is 0 Å². The van der Waals surface area contributed by atoms with Crippen molar-refractivity contribution < 1.29 is 5.11 Å². The van der Waals surface area contributed by atoms with Gasteiger partial charge in [-0.25, -0.2) is 0 Å². The van der Waals surface area contributed by atoms with Gasteiger partial charge in [-0.3, -0.25) is 4.90 Å². The largest absolute Gasteiger partial charge is 0.395 e. The molecular weight excluding hydrogens is 254 g/mol. The lowest BCUT2D eigenvalue weighted by Crippen LogP contribution is -2.31. The Morgan fingerprint density at radius 1 is 1.42 bits per heavy atom. The van der Waals surface area contributed by atoms with Crippen LogP contribution < -0.4 is 0 Å². The topological polar surface area (TPSA) is 23.5 Å². The molecule has 1 aliphatic heterocycles. The van der Waals surface area contributed by atoms with Crippen molar-refractivity contribution in [2.75, 3.05) is 13.2 Å². The number of aliphatic hydroxyl groups excluding tert-OH is 1. The summed E-state index contributed by atoms with van der Waals surface area (Å²) in [4.78, 5) is 4.01. The van der Waals surface area contributed by atoms with Gasteiger partial charge in [0.2, 0.25) is 0 Å². The van der Waals surface area contributed by atoms with Crippen LogP contribution in [0.4, 0.5) is 0 Å². The van der Waals surface area contributed by atoms with Crippen LogP contribution >= 0.6 is 11.3 Å². The van der Waals surface area contributed by atoms with Gasteiger partial charge in [0.25, 0.3) is 0 Å². The molecule has 1 saturated heterocycles. The lowest BCUT2D eigenvalue weighted by molar-refractivity contribution is 0.207. The van der Waals surface area contributed by atoms with Crippen molar-refractivity contribution in [2.45, 2.75) is 51.6 Å². The van der Waals surface area contributed by atoms with Gasteiger partial charge in [0.15, 0.2) is 0 Å². The van der Waals surface area contributed by atoms with Crippen LogP contribution in [-0.4, -0.2) is 29.2 Å². The van der Waals surface area contributed by atoms with E-state index in [1.165, 1.54) is 37.1 Å². The fourth-order valence-corrected chi connectivity index (χ4v) is 3.36. The molecule has 1 unspecified atom stereocenters. The highest BCUT2D eigenvalue weighted by Crippen LogP contribution is 2.22. The average Bonchev–Trinajstić information content (AvgIpc) is 2.75. The molecule has 0 saturated carbocycles. The van der Waals surface area contributed by atoms with Crippen LogP contribution in [-0.2, 0) is 6.54 Å². The predicted octanol–water partition coefficient (Wildman–Crippen LogP) is 3.25. The van der Waals surface area contributed by atoms with Crippen molar-refractivity contribution in [3.05, 3.63) is 21.9 Å². The Morgan fingerprint density at radius 2 is 2.32 bits per heavy atom. The first-order valence-corrected chi connectivity index (χ1v) is 8.09. The molecule has 0 spiro atoms. The standard InChI is InChI=1S/C16H23NOS/c1-14-7-3-2-5-9-17(14)12-16-11-15(13-19-16)8-4-6-10-18/h11,13-14,18H,2-3,5-7,9-10,12H2,1H3. The van der Waals surface area contributed by atoms with Crippen LogP contribution in [0.5, 0.6) is 0 Å². The molecule has 1 aromatic rings. The number of aliphatic hydroxyl groups is 1. The summed E-state index contributed by atoms with van der Waals surface area (Å²) in [6.07, 6.45) is 5.98. The minimum Gasteiger partial charge on any atom is -0.395 e. The molecule has 1 N–H and O–H groups in total. The van der Waals surface area contributed by atoms with Crippen molar-refractivity contribution in [1.29, 1.82) is 0 Å². The second-order valence-corrected chi connectivity index (χ2v) is 6.24. The normalized spacial score (nSPS) is 20.6. The zero-order valence-electron chi connectivity index (χ0n) is 11.7. The van der Waals surface area contributed by atoms with Crippen molar-refractivity contribution in [3.63, 3.8) is 0 Å². The highest BCUT2D eigenvalue weighted by molar-refractivity contribution is 7.10.